The van der Waals surface area contributed by atoms with Crippen LogP contribution in [0.1, 0.15) is 10.4 Å². The van der Waals surface area contributed by atoms with Crippen LogP contribution in [-0.4, -0.2) is 5.91 Å². The second kappa shape index (κ2) is 5.06. The summed E-state index contributed by atoms with van der Waals surface area (Å²) in [6, 6.07) is 10.6. The summed E-state index contributed by atoms with van der Waals surface area (Å²) in [5.74, 6) is -1.05. The number of halogens is 2. The van der Waals surface area contributed by atoms with Crippen LogP contribution in [0.2, 0.25) is 5.02 Å². The third kappa shape index (κ3) is 2.78. The first-order valence-corrected chi connectivity index (χ1v) is 5.56. The molecule has 5 heteroatoms. The van der Waals surface area contributed by atoms with Crippen LogP contribution in [0.15, 0.2) is 42.5 Å². The number of carbonyl (C=O) groups excluding carboxylic acids is 1. The Bertz CT molecular complexity index is 601. The van der Waals surface area contributed by atoms with E-state index in [-0.39, 0.29) is 10.6 Å². The summed E-state index contributed by atoms with van der Waals surface area (Å²) in [5, 5.41) is 2.60. The molecule has 18 heavy (non-hydrogen) atoms. The van der Waals surface area contributed by atoms with E-state index in [0.717, 1.165) is 6.07 Å². The Balaban J connectivity index is 2.19. The van der Waals surface area contributed by atoms with Crippen molar-refractivity contribution in [1.82, 2.24) is 0 Å². The Morgan fingerprint density at radius 1 is 1.22 bits per heavy atom. The number of nitrogens with two attached hydrogens (primary N) is 1. The molecule has 0 saturated heterocycles. The smallest absolute Gasteiger partial charge is 0.255 e. The van der Waals surface area contributed by atoms with Crippen molar-refractivity contribution in [2.24, 2.45) is 0 Å². The van der Waals surface area contributed by atoms with Crippen LogP contribution in [0.3, 0.4) is 0 Å². The zero-order valence-corrected chi connectivity index (χ0v) is 10.0. The highest BCUT2D eigenvalue weighted by Gasteiger charge is 2.09. The molecule has 0 unspecified atom stereocenters. The van der Waals surface area contributed by atoms with Crippen molar-refractivity contribution in [1.29, 1.82) is 0 Å². The Labute approximate surface area is 108 Å². The van der Waals surface area contributed by atoms with Crippen molar-refractivity contribution >= 4 is 28.9 Å². The molecule has 1 amide bonds. The molecular weight excluding hydrogens is 255 g/mol. The molecular formula is C13H10ClFN2O. The minimum Gasteiger partial charge on any atom is -0.399 e. The van der Waals surface area contributed by atoms with Gasteiger partial charge in [-0.3, -0.25) is 4.79 Å². The molecule has 0 fully saturated rings. The van der Waals surface area contributed by atoms with Crippen molar-refractivity contribution in [3.63, 3.8) is 0 Å². The molecule has 2 aromatic carbocycles. The number of rotatable bonds is 2. The molecule has 0 aromatic heterocycles. The first-order valence-electron chi connectivity index (χ1n) is 5.18. The van der Waals surface area contributed by atoms with Crippen LogP contribution < -0.4 is 11.1 Å². The number of nitrogen functional groups attached to an aromatic ring is 1. The van der Waals surface area contributed by atoms with Gasteiger partial charge in [-0.05, 0) is 36.4 Å². The zero-order chi connectivity index (χ0) is 13.1. The minimum atomic E-state index is -0.628. The first-order chi connectivity index (χ1) is 8.56. The monoisotopic (exact) mass is 264 g/mol. The van der Waals surface area contributed by atoms with E-state index in [4.69, 9.17) is 17.3 Å². The molecule has 2 aromatic rings. The first kappa shape index (κ1) is 12.4. The lowest BCUT2D eigenvalue weighted by Crippen LogP contribution is -2.12. The van der Waals surface area contributed by atoms with Gasteiger partial charge >= 0.3 is 0 Å². The summed E-state index contributed by atoms with van der Waals surface area (Å²) in [7, 11) is 0. The van der Waals surface area contributed by atoms with Gasteiger partial charge in [-0.25, -0.2) is 4.39 Å². The molecule has 0 aliphatic heterocycles. The van der Waals surface area contributed by atoms with E-state index in [1.807, 2.05) is 0 Å². The van der Waals surface area contributed by atoms with Crippen molar-refractivity contribution < 1.29 is 9.18 Å². The highest BCUT2D eigenvalue weighted by Crippen LogP contribution is 2.17. The van der Waals surface area contributed by atoms with Crippen LogP contribution in [0.5, 0.6) is 0 Å². The minimum absolute atomic E-state index is 0.0181. The van der Waals surface area contributed by atoms with Gasteiger partial charge in [-0.1, -0.05) is 17.7 Å². The Morgan fingerprint density at radius 2 is 2.00 bits per heavy atom. The third-order valence-corrected chi connectivity index (χ3v) is 2.63. The summed E-state index contributed by atoms with van der Waals surface area (Å²) in [5.41, 5.74) is 6.87. The molecule has 0 aliphatic carbocycles. The normalized spacial score (nSPS) is 10.1. The molecule has 0 bridgehead atoms. The molecule has 92 valence electrons. The summed E-state index contributed by atoms with van der Waals surface area (Å²) in [6.07, 6.45) is 0. The number of nitrogens with one attached hydrogen (secondary N) is 1. The average Bonchev–Trinajstić information content (AvgIpc) is 2.32. The van der Waals surface area contributed by atoms with Crippen molar-refractivity contribution in [3.05, 3.63) is 58.9 Å². The van der Waals surface area contributed by atoms with E-state index in [9.17, 15) is 9.18 Å². The topological polar surface area (TPSA) is 55.1 Å². The van der Waals surface area contributed by atoms with Crippen LogP contribution in [-0.2, 0) is 0 Å². The van der Waals surface area contributed by atoms with Crippen molar-refractivity contribution in [2.45, 2.75) is 0 Å². The Hall–Kier alpha value is -2.07. The van der Waals surface area contributed by atoms with E-state index in [1.54, 1.807) is 24.3 Å². The summed E-state index contributed by atoms with van der Waals surface area (Å²) in [6.45, 7) is 0. The molecule has 0 saturated carbocycles. The molecule has 3 nitrogen and oxygen atoms in total. The van der Waals surface area contributed by atoms with Crippen LogP contribution in [0.25, 0.3) is 0 Å². The fraction of sp³-hybridized carbons (Fsp3) is 0. The van der Waals surface area contributed by atoms with E-state index in [1.165, 1.54) is 12.1 Å². The molecule has 2 rings (SSSR count). The number of amides is 1. The largest absolute Gasteiger partial charge is 0.399 e. The second-order valence-corrected chi connectivity index (χ2v) is 4.12. The molecule has 0 atom stereocenters. The van der Waals surface area contributed by atoms with Gasteiger partial charge < -0.3 is 11.1 Å². The lowest BCUT2D eigenvalue weighted by Gasteiger charge is -2.06. The van der Waals surface area contributed by atoms with E-state index in [0.29, 0.717) is 11.4 Å². The van der Waals surface area contributed by atoms with Crippen LogP contribution >= 0.6 is 11.6 Å². The van der Waals surface area contributed by atoms with Crippen LogP contribution in [0, 0.1) is 5.82 Å². The predicted octanol–water partition coefficient (Wildman–Crippen LogP) is 3.31. The molecule has 3 N–H and O–H groups in total. The fourth-order valence-corrected chi connectivity index (χ4v) is 1.57. The van der Waals surface area contributed by atoms with Gasteiger partial charge in [-0.15, -0.1) is 0 Å². The van der Waals surface area contributed by atoms with Crippen molar-refractivity contribution in [2.75, 3.05) is 11.1 Å². The predicted molar refractivity (Wildman–Crippen MR) is 70.2 cm³/mol. The summed E-state index contributed by atoms with van der Waals surface area (Å²) in [4.78, 5) is 11.8. The third-order valence-electron chi connectivity index (χ3n) is 2.33. The standard InChI is InChI=1S/C13H10ClFN2O/c14-11-5-4-8(6-12(11)15)13(18)17-10-3-1-2-9(16)7-10/h1-7H,16H2,(H,17,18). The number of hydrogen-bond donors (Lipinski definition) is 2. The summed E-state index contributed by atoms with van der Waals surface area (Å²) >= 11 is 5.54. The Kier molecular flexibility index (Phi) is 3.48. The molecule has 0 heterocycles. The van der Waals surface area contributed by atoms with Gasteiger partial charge in [0.05, 0.1) is 5.02 Å². The van der Waals surface area contributed by atoms with E-state index >= 15 is 0 Å². The van der Waals surface area contributed by atoms with Crippen molar-refractivity contribution in [3.8, 4) is 0 Å². The van der Waals surface area contributed by atoms with Gasteiger partial charge in [0.1, 0.15) is 5.82 Å². The van der Waals surface area contributed by atoms with E-state index < -0.39 is 11.7 Å². The van der Waals surface area contributed by atoms with Crippen LogP contribution in [0.4, 0.5) is 15.8 Å². The van der Waals surface area contributed by atoms with Gasteiger partial charge in [0, 0.05) is 16.9 Å². The van der Waals surface area contributed by atoms with Gasteiger partial charge in [0.2, 0.25) is 0 Å². The van der Waals surface area contributed by atoms with E-state index in [2.05, 4.69) is 5.32 Å². The zero-order valence-electron chi connectivity index (χ0n) is 9.28. The van der Waals surface area contributed by atoms with Gasteiger partial charge in [0.15, 0.2) is 0 Å². The lowest BCUT2D eigenvalue weighted by molar-refractivity contribution is 0.102. The maximum absolute atomic E-state index is 13.2. The number of anilines is 2. The van der Waals surface area contributed by atoms with Gasteiger partial charge in [0.25, 0.3) is 5.91 Å². The molecule has 0 radical (unpaired) electrons. The maximum Gasteiger partial charge on any atom is 0.255 e. The highest BCUT2D eigenvalue weighted by atomic mass is 35.5. The fourth-order valence-electron chi connectivity index (χ4n) is 1.46. The SMILES string of the molecule is Nc1cccc(NC(=O)c2ccc(Cl)c(F)c2)c1. The maximum atomic E-state index is 13.2. The second-order valence-electron chi connectivity index (χ2n) is 3.71. The molecule has 0 aliphatic rings. The Morgan fingerprint density at radius 3 is 2.67 bits per heavy atom. The molecule has 0 spiro atoms. The lowest BCUT2D eigenvalue weighted by atomic mass is 10.2. The number of hydrogen-bond acceptors (Lipinski definition) is 2. The summed E-state index contributed by atoms with van der Waals surface area (Å²) < 4.78 is 13.2. The average molecular weight is 265 g/mol. The number of carbonyl (C=O) groups is 1. The number of benzene rings is 2. The quantitative estimate of drug-likeness (QED) is 0.818. The van der Waals surface area contributed by atoms with Gasteiger partial charge in [-0.2, -0.15) is 0 Å². The highest BCUT2D eigenvalue weighted by molar-refractivity contribution is 6.30.